The molecule has 18 heavy (non-hydrogen) atoms. The summed E-state index contributed by atoms with van der Waals surface area (Å²) in [6.45, 7) is 6.70. The van der Waals surface area contributed by atoms with Gasteiger partial charge in [-0.3, -0.25) is 0 Å². The lowest BCUT2D eigenvalue weighted by molar-refractivity contribution is 0.0768. The molecule has 0 aromatic carbocycles. The van der Waals surface area contributed by atoms with Gasteiger partial charge in [0.25, 0.3) is 0 Å². The van der Waals surface area contributed by atoms with Crippen LogP contribution in [-0.4, -0.2) is 27.9 Å². The Kier molecular flexibility index (Phi) is 3.14. The maximum atomic E-state index is 4.50. The van der Waals surface area contributed by atoms with E-state index in [4.69, 9.17) is 0 Å². The van der Waals surface area contributed by atoms with E-state index in [2.05, 4.69) is 33.9 Å². The largest absolute Gasteiger partial charge is 0.315 e. The zero-order valence-corrected chi connectivity index (χ0v) is 11.5. The van der Waals surface area contributed by atoms with Crippen LogP contribution in [0.15, 0.2) is 6.33 Å². The number of hydrogen-bond acceptors (Lipinski definition) is 3. The van der Waals surface area contributed by atoms with Gasteiger partial charge in [0.2, 0.25) is 0 Å². The molecule has 1 saturated heterocycles. The molecule has 2 fully saturated rings. The third-order valence-electron chi connectivity index (χ3n) is 4.82. The zero-order valence-electron chi connectivity index (χ0n) is 11.5. The Balaban J connectivity index is 1.79. The standard InChI is InChI=1S/C14H24N4/c1-11(2)18-13(16-10-17-18)7-14(8-15-9-14)12-5-3-4-6-12/h10-12,15H,3-9H2,1-2H3. The summed E-state index contributed by atoms with van der Waals surface area (Å²) < 4.78 is 2.09. The predicted molar refractivity (Wildman–Crippen MR) is 71.4 cm³/mol. The predicted octanol–water partition coefficient (Wildman–Crippen LogP) is 2.18. The molecule has 0 amide bonds. The van der Waals surface area contributed by atoms with Gasteiger partial charge in [0.1, 0.15) is 12.2 Å². The molecule has 1 N–H and O–H groups in total. The fraction of sp³-hybridized carbons (Fsp3) is 0.857. The minimum Gasteiger partial charge on any atom is -0.315 e. The normalized spacial score (nSPS) is 23.5. The van der Waals surface area contributed by atoms with E-state index in [-0.39, 0.29) is 0 Å². The molecule has 1 aromatic rings. The van der Waals surface area contributed by atoms with Crippen molar-refractivity contribution in [2.24, 2.45) is 11.3 Å². The molecular weight excluding hydrogens is 224 g/mol. The van der Waals surface area contributed by atoms with Crippen LogP contribution in [0, 0.1) is 11.3 Å². The SMILES string of the molecule is CC(C)n1ncnc1CC1(C2CCCC2)CNC1. The maximum Gasteiger partial charge on any atom is 0.138 e. The fourth-order valence-corrected chi connectivity index (χ4v) is 3.69. The van der Waals surface area contributed by atoms with Crippen LogP contribution in [0.25, 0.3) is 0 Å². The highest BCUT2D eigenvalue weighted by Crippen LogP contribution is 2.44. The third-order valence-corrected chi connectivity index (χ3v) is 4.82. The van der Waals surface area contributed by atoms with Gasteiger partial charge in [-0.25, -0.2) is 9.67 Å². The Hall–Kier alpha value is -0.900. The smallest absolute Gasteiger partial charge is 0.138 e. The summed E-state index contributed by atoms with van der Waals surface area (Å²) >= 11 is 0. The molecule has 1 aromatic heterocycles. The van der Waals surface area contributed by atoms with Crippen LogP contribution in [0.4, 0.5) is 0 Å². The zero-order chi connectivity index (χ0) is 12.6. The van der Waals surface area contributed by atoms with E-state index in [1.54, 1.807) is 6.33 Å². The summed E-state index contributed by atoms with van der Waals surface area (Å²) in [7, 11) is 0. The van der Waals surface area contributed by atoms with E-state index >= 15 is 0 Å². The first-order valence-electron chi connectivity index (χ1n) is 7.30. The van der Waals surface area contributed by atoms with Crippen molar-refractivity contribution in [3.05, 3.63) is 12.2 Å². The molecular formula is C14H24N4. The summed E-state index contributed by atoms with van der Waals surface area (Å²) in [6, 6.07) is 0.413. The average molecular weight is 248 g/mol. The van der Waals surface area contributed by atoms with Gasteiger partial charge in [-0.2, -0.15) is 5.10 Å². The van der Waals surface area contributed by atoms with Gasteiger partial charge in [-0.15, -0.1) is 0 Å². The first-order valence-corrected chi connectivity index (χ1v) is 7.30. The van der Waals surface area contributed by atoms with Crippen molar-refractivity contribution in [3.63, 3.8) is 0 Å². The molecule has 4 heteroatoms. The van der Waals surface area contributed by atoms with Gasteiger partial charge >= 0.3 is 0 Å². The molecule has 1 aliphatic carbocycles. The molecule has 1 aliphatic heterocycles. The molecule has 0 atom stereocenters. The van der Waals surface area contributed by atoms with Gasteiger partial charge in [0, 0.05) is 31.0 Å². The highest BCUT2D eigenvalue weighted by Gasteiger charge is 2.45. The summed E-state index contributed by atoms with van der Waals surface area (Å²) in [5.74, 6) is 2.08. The Bertz CT molecular complexity index is 400. The number of nitrogens with one attached hydrogen (secondary N) is 1. The lowest BCUT2D eigenvalue weighted by Gasteiger charge is -2.47. The van der Waals surface area contributed by atoms with Crippen LogP contribution in [-0.2, 0) is 6.42 Å². The lowest BCUT2D eigenvalue weighted by Crippen LogP contribution is -2.58. The molecule has 0 bridgehead atoms. The fourth-order valence-electron chi connectivity index (χ4n) is 3.69. The molecule has 4 nitrogen and oxygen atoms in total. The third kappa shape index (κ3) is 1.96. The van der Waals surface area contributed by atoms with Gasteiger partial charge in [0.05, 0.1) is 0 Å². The number of aromatic nitrogens is 3. The van der Waals surface area contributed by atoms with Crippen LogP contribution in [0.2, 0.25) is 0 Å². The molecule has 0 radical (unpaired) electrons. The van der Waals surface area contributed by atoms with Crippen molar-refractivity contribution in [3.8, 4) is 0 Å². The second kappa shape index (κ2) is 4.65. The minimum atomic E-state index is 0.413. The Morgan fingerprint density at radius 3 is 2.67 bits per heavy atom. The van der Waals surface area contributed by atoms with Crippen LogP contribution in [0.3, 0.4) is 0 Å². The monoisotopic (exact) mass is 248 g/mol. The minimum absolute atomic E-state index is 0.413. The van der Waals surface area contributed by atoms with Crippen LogP contribution >= 0.6 is 0 Å². The quantitative estimate of drug-likeness (QED) is 0.888. The van der Waals surface area contributed by atoms with E-state index in [1.165, 1.54) is 44.6 Å². The molecule has 100 valence electrons. The van der Waals surface area contributed by atoms with E-state index in [9.17, 15) is 0 Å². The summed E-state index contributed by atoms with van der Waals surface area (Å²) in [4.78, 5) is 4.50. The van der Waals surface area contributed by atoms with Crippen molar-refractivity contribution in [1.29, 1.82) is 0 Å². The van der Waals surface area contributed by atoms with Crippen molar-refractivity contribution < 1.29 is 0 Å². The molecule has 2 heterocycles. The summed E-state index contributed by atoms with van der Waals surface area (Å²) in [5.41, 5.74) is 0.468. The van der Waals surface area contributed by atoms with Gasteiger partial charge in [0.15, 0.2) is 0 Å². The number of hydrogen-bond donors (Lipinski definition) is 1. The first kappa shape index (κ1) is 12.2. The van der Waals surface area contributed by atoms with E-state index in [0.717, 1.165) is 12.3 Å². The van der Waals surface area contributed by atoms with Crippen molar-refractivity contribution in [1.82, 2.24) is 20.1 Å². The maximum absolute atomic E-state index is 4.50. The van der Waals surface area contributed by atoms with Crippen LogP contribution in [0.1, 0.15) is 51.4 Å². The summed E-state index contributed by atoms with van der Waals surface area (Å²) in [6.07, 6.45) is 8.48. The molecule has 0 spiro atoms. The van der Waals surface area contributed by atoms with E-state index in [0.29, 0.717) is 11.5 Å². The van der Waals surface area contributed by atoms with Crippen molar-refractivity contribution >= 4 is 0 Å². The topological polar surface area (TPSA) is 42.7 Å². The van der Waals surface area contributed by atoms with Gasteiger partial charge < -0.3 is 5.32 Å². The van der Waals surface area contributed by atoms with Gasteiger partial charge in [-0.1, -0.05) is 12.8 Å². The van der Waals surface area contributed by atoms with Crippen molar-refractivity contribution in [2.45, 2.75) is 52.0 Å². The Morgan fingerprint density at radius 1 is 1.39 bits per heavy atom. The number of rotatable bonds is 4. The van der Waals surface area contributed by atoms with E-state index in [1.807, 2.05) is 0 Å². The molecule has 3 rings (SSSR count). The van der Waals surface area contributed by atoms with Crippen molar-refractivity contribution in [2.75, 3.05) is 13.1 Å². The average Bonchev–Trinajstić information content (AvgIpc) is 2.94. The highest BCUT2D eigenvalue weighted by atomic mass is 15.3. The Morgan fingerprint density at radius 2 is 2.11 bits per heavy atom. The first-order chi connectivity index (χ1) is 8.71. The molecule has 1 saturated carbocycles. The Labute approximate surface area is 109 Å². The van der Waals surface area contributed by atoms with Crippen LogP contribution < -0.4 is 5.32 Å². The number of nitrogens with zero attached hydrogens (tertiary/aromatic N) is 3. The highest BCUT2D eigenvalue weighted by molar-refractivity contribution is 5.05. The molecule has 0 unspecified atom stereocenters. The molecule has 2 aliphatic rings. The lowest BCUT2D eigenvalue weighted by atomic mass is 9.67. The summed E-state index contributed by atoms with van der Waals surface area (Å²) in [5, 5.41) is 7.85. The van der Waals surface area contributed by atoms with Gasteiger partial charge in [-0.05, 0) is 32.6 Å². The second-order valence-corrected chi connectivity index (χ2v) is 6.34. The van der Waals surface area contributed by atoms with E-state index < -0.39 is 0 Å². The van der Waals surface area contributed by atoms with Crippen LogP contribution in [0.5, 0.6) is 0 Å². The second-order valence-electron chi connectivity index (χ2n) is 6.34.